The molecule has 0 fully saturated rings. The number of hydrogen-bond donors (Lipinski definition) is 2. The number of nitrogens with one attached hydrogen (secondary N) is 2. The summed E-state index contributed by atoms with van der Waals surface area (Å²) in [6.07, 6.45) is 4.99. The van der Waals surface area contributed by atoms with E-state index in [1.54, 1.807) is 24.4 Å². The van der Waals surface area contributed by atoms with Gasteiger partial charge in [0.2, 0.25) is 5.95 Å². The summed E-state index contributed by atoms with van der Waals surface area (Å²) in [4.78, 5) is 4.34. The van der Waals surface area contributed by atoms with Crippen LogP contribution in [0.25, 0.3) is 0 Å². The minimum atomic E-state index is 0.504. The number of nitrogens with zero attached hydrogens (tertiary/aromatic N) is 3. The Hall–Kier alpha value is -1.59. The maximum atomic E-state index is 5.96. The number of aromatic nitrogens is 3. The van der Waals surface area contributed by atoms with Crippen LogP contribution in [0.5, 0.6) is 0 Å². The lowest BCUT2D eigenvalue weighted by molar-refractivity contribution is 0.738. The Kier molecular flexibility index (Phi) is 6.02. The molecule has 0 aliphatic carbocycles. The van der Waals surface area contributed by atoms with Gasteiger partial charge in [-0.3, -0.25) is 0 Å². The lowest BCUT2D eigenvalue weighted by atomic mass is 10.2. The van der Waals surface area contributed by atoms with Gasteiger partial charge in [0.25, 0.3) is 0 Å². The molecule has 0 aliphatic heterocycles. The Labute approximate surface area is 134 Å². The largest absolute Gasteiger partial charge is 0.353 e. The first-order valence-corrected chi connectivity index (χ1v) is 7.59. The second-order valence-electron chi connectivity index (χ2n) is 4.58. The van der Waals surface area contributed by atoms with E-state index in [0.29, 0.717) is 21.8 Å². The molecule has 21 heavy (non-hydrogen) atoms. The number of unbranched alkanes of at least 4 members (excludes halogenated alkanes) is 2. The van der Waals surface area contributed by atoms with Gasteiger partial charge in [-0.25, -0.2) is 0 Å². The van der Waals surface area contributed by atoms with Crippen molar-refractivity contribution in [1.82, 2.24) is 15.2 Å². The predicted octanol–water partition coefficient (Wildman–Crippen LogP) is 4.52. The second kappa shape index (κ2) is 8.00. The van der Waals surface area contributed by atoms with E-state index in [-0.39, 0.29) is 0 Å². The van der Waals surface area contributed by atoms with Crippen LogP contribution in [0.3, 0.4) is 0 Å². The van der Waals surface area contributed by atoms with Crippen molar-refractivity contribution in [3.8, 4) is 0 Å². The third kappa shape index (κ3) is 5.36. The molecule has 0 aliphatic rings. The molecule has 1 heterocycles. The zero-order chi connectivity index (χ0) is 15.1. The SMILES string of the molecule is CCCCCNc1nncc(Nc2cc(Cl)cc(Cl)c2)n1. The summed E-state index contributed by atoms with van der Waals surface area (Å²) >= 11 is 11.9. The second-order valence-corrected chi connectivity index (χ2v) is 5.46. The van der Waals surface area contributed by atoms with Crippen molar-refractivity contribution in [3.63, 3.8) is 0 Å². The molecular weight excluding hydrogens is 309 g/mol. The van der Waals surface area contributed by atoms with Crippen molar-refractivity contribution < 1.29 is 0 Å². The molecule has 2 rings (SSSR count). The van der Waals surface area contributed by atoms with Crippen molar-refractivity contribution in [2.45, 2.75) is 26.2 Å². The Morgan fingerprint density at radius 3 is 2.57 bits per heavy atom. The summed E-state index contributed by atoms with van der Waals surface area (Å²) in [7, 11) is 0. The molecule has 1 aromatic carbocycles. The van der Waals surface area contributed by atoms with E-state index in [4.69, 9.17) is 23.2 Å². The molecule has 7 heteroatoms. The summed E-state index contributed by atoms with van der Waals surface area (Å²) in [6.45, 7) is 3.00. The number of hydrogen-bond acceptors (Lipinski definition) is 5. The Morgan fingerprint density at radius 2 is 1.86 bits per heavy atom. The highest BCUT2D eigenvalue weighted by Crippen LogP contribution is 2.24. The van der Waals surface area contributed by atoms with Crippen molar-refractivity contribution in [2.75, 3.05) is 17.2 Å². The van der Waals surface area contributed by atoms with E-state index < -0.39 is 0 Å². The van der Waals surface area contributed by atoms with Crippen molar-refractivity contribution in [2.24, 2.45) is 0 Å². The molecule has 5 nitrogen and oxygen atoms in total. The molecule has 0 saturated carbocycles. The van der Waals surface area contributed by atoms with Crippen LogP contribution in [0.4, 0.5) is 17.5 Å². The minimum absolute atomic E-state index is 0.504. The maximum Gasteiger partial charge on any atom is 0.244 e. The number of anilines is 3. The van der Waals surface area contributed by atoms with Crippen LogP contribution >= 0.6 is 23.2 Å². The van der Waals surface area contributed by atoms with Gasteiger partial charge in [-0.1, -0.05) is 43.0 Å². The van der Waals surface area contributed by atoms with Gasteiger partial charge in [-0.05, 0) is 24.6 Å². The van der Waals surface area contributed by atoms with E-state index in [0.717, 1.165) is 18.7 Å². The molecule has 0 bridgehead atoms. The van der Waals surface area contributed by atoms with Gasteiger partial charge in [0.1, 0.15) is 0 Å². The van der Waals surface area contributed by atoms with Crippen molar-refractivity contribution in [1.29, 1.82) is 0 Å². The Morgan fingerprint density at radius 1 is 1.10 bits per heavy atom. The van der Waals surface area contributed by atoms with Crippen LogP contribution in [0, 0.1) is 0 Å². The molecule has 2 N–H and O–H groups in total. The minimum Gasteiger partial charge on any atom is -0.353 e. The molecule has 0 radical (unpaired) electrons. The number of benzene rings is 1. The van der Waals surface area contributed by atoms with Gasteiger partial charge in [0, 0.05) is 22.3 Å². The summed E-state index contributed by atoms with van der Waals surface area (Å²) in [5.74, 6) is 1.09. The highest BCUT2D eigenvalue weighted by molar-refractivity contribution is 6.35. The van der Waals surface area contributed by atoms with Crippen molar-refractivity contribution >= 4 is 40.7 Å². The molecule has 0 atom stereocenters. The van der Waals surface area contributed by atoms with Crippen LogP contribution in [0.15, 0.2) is 24.4 Å². The van der Waals surface area contributed by atoms with E-state index in [1.165, 1.54) is 12.8 Å². The Bertz CT molecular complexity index is 571. The summed E-state index contributed by atoms with van der Waals surface area (Å²) in [6, 6.07) is 5.21. The van der Waals surface area contributed by atoms with Gasteiger partial charge in [0.15, 0.2) is 5.82 Å². The summed E-state index contributed by atoms with van der Waals surface area (Å²) < 4.78 is 0. The number of rotatable bonds is 7. The first-order valence-electron chi connectivity index (χ1n) is 6.84. The van der Waals surface area contributed by atoms with Gasteiger partial charge in [-0.2, -0.15) is 10.1 Å². The van der Waals surface area contributed by atoms with Crippen LogP contribution in [-0.2, 0) is 0 Å². The molecule has 0 unspecified atom stereocenters. The predicted molar refractivity (Wildman–Crippen MR) is 87.6 cm³/mol. The van der Waals surface area contributed by atoms with Gasteiger partial charge in [0.05, 0.1) is 6.20 Å². The van der Waals surface area contributed by atoms with E-state index in [2.05, 4.69) is 32.7 Å². The monoisotopic (exact) mass is 325 g/mol. The first-order chi connectivity index (χ1) is 10.2. The molecule has 1 aromatic heterocycles. The molecule has 112 valence electrons. The zero-order valence-electron chi connectivity index (χ0n) is 11.7. The Balaban J connectivity index is 2.00. The fourth-order valence-corrected chi connectivity index (χ4v) is 2.31. The van der Waals surface area contributed by atoms with E-state index in [1.807, 2.05) is 0 Å². The van der Waals surface area contributed by atoms with Gasteiger partial charge >= 0.3 is 0 Å². The zero-order valence-corrected chi connectivity index (χ0v) is 13.2. The smallest absolute Gasteiger partial charge is 0.244 e. The van der Waals surface area contributed by atoms with Crippen LogP contribution in [0.1, 0.15) is 26.2 Å². The third-order valence-electron chi connectivity index (χ3n) is 2.76. The highest BCUT2D eigenvalue weighted by Gasteiger charge is 2.03. The molecule has 0 spiro atoms. The fourth-order valence-electron chi connectivity index (χ4n) is 1.79. The average molecular weight is 326 g/mol. The topological polar surface area (TPSA) is 62.7 Å². The third-order valence-corrected chi connectivity index (χ3v) is 3.19. The quantitative estimate of drug-likeness (QED) is 0.732. The average Bonchev–Trinajstić information content (AvgIpc) is 2.43. The van der Waals surface area contributed by atoms with Gasteiger partial charge in [-0.15, -0.1) is 5.10 Å². The normalized spacial score (nSPS) is 10.4. The van der Waals surface area contributed by atoms with Crippen molar-refractivity contribution in [3.05, 3.63) is 34.4 Å². The van der Waals surface area contributed by atoms with Crippen LogP contribution in [-0.4, -0.2) is 21.7 Å². The van der Waals surface area contributed by atoms with E-state index >= 15 is 0 Å². The van der Waals surface area contributed by atoms with E-state index in [9.17, 15) is 0 Å². The molecular formula is C14H17Cl2N5. The fraction of sp³-hybridized carbons (Fsp3) is 0.357. The standard InChI is InChI=1S/C14H17Cl2N5/c1-2-3-4-5-17-14-20-13(9-18-21-14)19-12-7-10(15)6-11(16)8-12/h6-9H,2-5H2,1H3,(H2,17,19,20,21). The highest BCUT2D eigenvalue weighted by atomic mass is 35.5. The van der Waals surface area contributed by atoms with Gasteiger partial charge < -0.3 is 10.6 Å². The molecule has 0 amide bonds. The molecule has 2 aromatic rings. The van der Waals surface area contributed by atoms with Crippen LogP contribution < -0.4 is 10.6 Å². The summed E-state index contributed by atoms with van der Waals surface area (Å²) in [5.41, 5.74) is 0.755. The maximum absolute atomic E-state index is 5.96. The first kappa shape index (κ1) is 15.8. The van der Waals surface area contributed by atoms with Crippen LogP contribution in [0.2, 0.25) is 10.0 Å². The number of halogens is 2. The summed E-state index contributed by atoms with van der Waals surface area (Å²) in [5, 5.41) is 15.2. The molecule has 0 saturated heterocycles. The lowest BCUT2D eigenvalue weighted by Crippen LogP contribution is -2.07. The lowest BCUT2D eigenvalue weighted by Gasteiger charge is -2.08.